The average molecular weight is 531 g/mol. The fourth-order valence-corrected chi connectivity index (χ4v) is 4.59. The first-order valence-corrected chi connectivity index (χ1v) is 12.7. The van der Waals surface area contributed by atoms with E-state index in [9.17, 15) is 23.2 Å². The normalized spacial score (nSPS) is 21.3. The van der Waals surface area contributed by atoms with Gasteiger partial charge in [0.25, 0.3) is 11.8 Å². The number of benzene rings is 2. The minimum absolute atomic E-state index is 0.0779. The third kappa shape index (κ3) is 6.97. The number of carbonyl (C=O) groups is 3. The maximum atomic E-state index is 13.7. The fraction of sp³-hybridized carbons (Fsp3) is 0.444. The van der Waals surface area contributed by atoms with Gasteiger partial charge in [-0.25, -0.2) is 8.78 Å². The number of carbonyl (C=O) groups excluding carboxylic acids is 3. The number of halogens is 2. The van der Waals surface area contributed by atoms with Crippen LogP contribution in [-0.2, 0) is 4.79 Å². The zero-order valence-electron chi connectivity index (χ0n) is 21.2. The average Bonchev–Trinajstić information content (AvgIpc) is 3.36. The van der Waals surface area contributed by atoms with Crippen molar-refractivity contribution in [3.05, 3.63) is 59.2 Å². The van der Waals surface area contributed by atoms with E-state index < -0.39 is 23.6 Å². The number of methoxy groups -OCH3 is 1. The zero-order chi connectivity index (χ0) is 27.1. The van der Waals surface area contributed by atoms with E-state index in [4.69, 9.17) is 9.47 Å². The molecule has 2 aromatic carbocycles. The molecule has 3 N–H and O–H groups in total. The van der Waals surface area contributed by atoms with E-state index in [0.717, 1.165) is 12.1 Å². The first-order valence-electron chi connectivity index (χ1n) is 12.7. The van der Waals surface area contributed by atoms with E-state index >= 15 is 0 Å². The Balaban J connectivity index is 1.50. The van der Waals surface area contributed by atoms with Crippen LogP contribution in [0.3, 0.4) is 0 Å². The third-order valence-electron chi connectivity index (χ3n) is 6.57. The SMILES string of the molecule is COc1ccc2cc1O[C@@H]1CN[C@@H](C1)C(=O)NCCCCN(C(=O)c1cc(F)cc(F)c1)CCCNC2=O. The minimum Gasteiger partial charge on any atom is -0.493 e. The van der Waals surface area contributed by atoms with Gasteiger partial charge in [0.15, 0.2) is 11.5 Å². The first-order chi connectivity index (χ1) is 18.3. The Hall–Kier alpha value is -3.73. The highest BCUT2D eigenvalue weighted by Crippen LogP contribution is 2.30. The highest BCUT2D eigenvalue weighted by Gasteiger charge is 2.31. The van der Waals surface area contributed by atoms with Gasteiger partial charge in [0.1, 0.15) is 17.7 Å². The van der Waals surface area contributed by atoms with Gasteiger partial charge in [-0.1, -0.05) is 0 Å². The lowest BCUT2D eigenvalue weighted by Crippen LogP contribution is -2.41. The Morgan fingerprint density at radius 1 is 1.00 bits per heavy atom. The summed E-state index contributed by atoms with van der Waals surface area (Å²) in [6.45, 7) is 1.78. The first kappa shape index (κ1) is 27.3. The Kier molecular flexibility index (Phi) is 9.11. The van der Waals surface area contributed by atoms with Crippen molar-refractivity contribution in [1.29, 1.82) is 0 Å². The monoisotopic (exact) mass is 530 g/mol. The molecule has 0 spiro atoms. The maximum absolute atomic E-state index is 13.7. The van der Waals surface area contributed by atoms with Crippen molar-refractivity contribution in [1.82, 2.24) is 20.9 Å². The van der Waals surface area contributed by atoms with Crippen molar-refractivity contribution < 1.29 is 32.6 Å². The zero-order valence-corrected chi connectivity index (χ0v) is 21.2. The standard InChI is InChI=1S/C27H32F2N4O5/c1-37-23-6-5-17-13-24(23)38-21-15-22(32-16-21)26(35)31-7-2-3-9-33(10-4-8-30-25(17)34)27(36)18-11-19(28)14-20(29)12-18/h5-6,11-14,21-22,32H,2-4,7-10,15-16H2,1H3,(H,30,34)(H,31,35)/t21-,22-/m0/s1. The van der Waals surface area contributed by atoms with E-state index in [-0.39, 0.29) is 36.6 Å². The van der Waals surface area contributed by atoms with Crippen LogP contribution in [0.5, 0.6) is 11.5 Å². The summed E-state index contributed by atoms with van der Waals surface area (Å²) in [5.41, 5.74) is 0.299. The lowest BCUT2D eigenvalue weighted by Gasteiger charge is -2.23. The predicted octanol–water partition coefficient (Wildman–Crippen LogP) is 2.25. The van der Waals surface area contributed by atoms with Crippen LogP contribution in [0.15, 0.2) is 36.4 Å². The van der Waals surface area contributed by atoms with Gasteiger partial charge in [-0.3, -0.25) is 14.4 Å². The van der Waals surface area contributed by atoms with E-state index in [1.54, 1.807) is 18.2 Å². The van der Waals surface area contributed by atoms with Gasteiger partial charge >= 0.3 is 0 Å². The lowest BCUT2D eigenvalue weighted by atomic mass is 10.1. The molecule has 1 saturated heterocycles. The number of nitrogens with one attached hydrogen (secondary N) is 3. The molecule has 2 heterocycles. The molecule has 0 aliphatic carbocycles. The van der Waals surface area contributed by atoms with Crippen LogP contribution in [0.25, 0.3) is 0 Å². The second-order valence-electron chi connectivity index (χ2n) is 9.36. The van der Waals surface area contributed by atoms with E-state index in [1.807, 2.05) is 0 Å². The number of hydrogen-bond donors (Lipinski definition) is 3. The van der Waals surface area contributed by atoms with Crippen LogP contribution in [-0.4, -0.2) is 74.6 Å². The Labute approximate surface area is 219 Å². The van der Waals surface area contributed by atoms with Gasteiger partial charge in [-0.2, -0.15) is 0 Å². The number of amides is 3. The summed E-state index contributed by atoms with van der Waals surface area (Å²) in [4.78, 5) is 40.0. The van der Waals surface area contributed by atoms with E-state index in [2.05, 4.69) is 16.0 Å². The number of rotatable bonds is 2. The largest absolute Gasteiger partial charge is 0.493 e. The predicted molar refractivity (Wildman–Crippen MR) is 135 cm³/mol. The molecule has 2 atom stereocenters. The van der Waals surface area contributed by atoms with Crippen LogP contribution in [0.1, 0.15) is 46.4 Å². The van der Waals surface area contributed by atoms with Gasteiger partial charge in [0.05, 0.1) is 13.2 Å². The van der Waals surface area contributed by atoms with Gasteiger partial charge < -0.3 is 30.3 Å². The molecule has 2 aliphatic rings. The van der Waals surface area contributed by atoms with Crippen LogP contribution < -0.4 is 25.4 Å². The molecule has 204 valence electrons. The quantitative estimate of drug-likeness (QED) is 0.550. The summed E-state index contributed by atoms with van der Waals surface area (Å²) in [6.07, 6.45) is 1.80. The van der Waals surface area contributed by atoms with Crippen LogP contribution >= 0.6 is 0 Å². The summed E-state index contributed by atoms with van der Waals surface area (Å²) in [7, 11) is 1.51. The van der Waals surface area contributed by atoms with E-state index in [0.29, 0.717) is 68.4 Å². The smallest absolute Gasteiger partial charge is 0.254 e. The van der Waals surface area contributed by atoms with Crippen LogP contribution in [0, 0.1) is 11.6 Å². The molecule has 4 bridgehead atoms. The van der Waals surface area contributed by atoms with Gasteiger partial charge in [0.2, 0.25) is 5.91 Å². The lowest BCUT2D eigenvalue weighted by molar-refractivity contribution is -0.122. The number of ether oxygens (including phenoxy) is 2. The molecule has 2 aliphatic heterocycles. The van der Waals surface area contributed by atoms with Crippen molar-refractivity contribution >= 4 is 17.7 Å². The van der Waals surface area contributed by atoms with Crippen molar-refractivity contribution in [3.63, 3.8) is 0 Å². The molecular formula is C27H32F2N4O5. The van der Waals surface area contributed by atoms with Gasteiger partial charge in [-0.15, -0.1) is 0 Å². The van der Waals surface area contributed by atoms with Crippen molar-refractivity contribution in [2.75, 3.05) is 39.8 Å². The maximum Gasteiger partial charge on any atom is 0.254 e. The molecular weight excluding hydrogens is 498 g/mol. The summed E-state index contributed by atoms with van der Waals surface area (Å²) < 4.78 is 38.9. The molecule has 0 unspecified atom stereocenters. The summed E-state index contributed by atoms with van der Waals surface area (Å²) in [6, 6.07) is 7.19. The number of fused-ring (bicyclic) bond motifs is 4. The van der Waals surface area contributed by atoms with Crippen LogP contribution in [0.2, 0.25) is 0 Å². The molecule has 9 nitrogen and oxygen atoms in total. The second-order valence-corrected chi connectivity index (χ2v) is 9.36. The summed E-state index contributed by atoms with van der Waals surface area (Å²) >= 11 is 0. The molecule has 11 heteroatoms. The Bertz CT molecular complexity index is 1160. The number of hydrogen-bond acceptors (Lipinski definition) is 6. The number of nitrogens with zero attached hydrogens (tertiary/aromatic N) is 1. The molecule has 3 amide bonds. The topological polar surface area (TPSA) is 109 Å². The third-order valence-corrected chi connectivity index (χ3v) is 6.57. The molecule has 2 aromatic rings. The summed E-state index contributed by atoms with van der Waals surface area (Å²) in [5.74, 6) is -1.73. The van der Waals surface area contributed by atoms with Gasteiger partial charge in [0, 0.05) is 56.3 Å². The van der Waals surface area contributed by atoms with Gasteiger partial charge in [-0.05, 0) is 49.6 Å². The van der Waals surface area contributed by atoms with E-state index in [1.165, 1.54) is 12.0 Å². The Morgan fingerprint density at radius 3 is 2.50 bits per heavy atom. The minimum atomic E-state index is -0.828. The summed E-state index contributed by atoms with van der Waals surface area (Å²) in [5, 5.41) is 8.91. The van der Waals surface area contributed by atoms with Crippen molar-refractivity contribution in [2.24, 2.45) is 0 Å². The molecule has 0 aromatic heterocycles. The highest BCUT2D eigenvalue weighted by atomic mass is 19.1. The molecule has 0 radical (unpaired) electrons. The molecule has 1 fully saturated rings. The fourth-order valence-electron chi connectivity index (χ4n) is 4.59. The van der Waals surface area contributed by atoms with Crippen molar-refractivity contribution in [3.8, 4) is 11.5 Å². The Morgan fingerprint density at radius 2 is 1.74 bits per heavy atom. The molecule has 0 saturated carbocycles. The molecule has 4 rings (SSSR count). The van der Waals surface area contributed by atoms with Crippen molar-refractivity contribution in [2.45, 2.75) is 37.8 Å². The highest BCUT2D eigenvalue weighted by molar-refractivity contribution is 5.95. The second kappa shape index (κ2) is 12.7. The van der Waals surface area contributed by atoms with Crippen LogP contribution in [0.4, 0.5) is 8.78 Å². The molecule has 38 heavy (non-hydrogen) atoms.